The molecule has 1 atom stereocenters. The number of nitrogens with one attached hydrogen (secondary N) is 2. The van der Waals surface area contributed by atoms with Crippen molar-refractivity contribution in [3.8, 4) is 0 Å². The van der Waals surface area contributed by atoms with Gasteiger partial charge in [0.25, 0.3) is 5.91 Å². The number of nitrogens with zero attached hydrogens (tertiary/aromatic N) is 1. The van der Waals surface area contributed by atoms with Crippen molar-refractivity contribution in [1.82, 2.24) is 15.5 Å². The molecule has 0 aromatic carbocycles. The third kappa shape index (κ3) is 3.54. The Bertz CT molecular complexity index is 431. The Morgan fingerprint density at radius 2 is 2.32 bits per heavy atom. The van der Waals surface area contributed by atoms with Gasteiger partial charge in [-0.2, -0.15) is 5.10 Å². The second-order valence-corrected chi connectivity index (χ2v) is 4.89. The number of H-pyrrole nitrogens is 1. The van der Waals surface area contributed by atoms with Gasteiger partial charge in [0.15, 0.2) is 5.69 Å². The molecule has 0 saturated heterocycles. The van der Waals surface area contributed by atoms with Crippen molar-refractivity contribution in [2.45, 2.75) is 38.2 Å². The molecule has 3 N–H and O–H groups in total. The number of aromatic amines is 1. The molecule has 2 rings (SSSR count). The number of aromatic nitrogens is 2. The normalized spacial score (nSPS) is 15.9. The van der Waals surface area contributed by atoms with Crippen LogP contribution in [0.3, 0.4) is 0 Å². The molecule has 0 saturated carbocycles. The van der Waals surface area contributed by atoms with Gasteiger partial charge < -0.3 is 15.2 Å². The Morgan fingerprint density at radius 3 is 3.11 bits per heavy atom. The summed E-state index contributed by atoms with van der Waals surface area (Å²) in [5.41, 5.74) is 2.66. The van der Waals surface area contributed by atoms with Crippen LogP contribution in [0.2, 0.25) is 0 Å². The predicted molar refractivity (Wildman–Crippen MR) is 70.1 cm³/mol. The first-order valence-electron chi connectivity index (χ1n) is 6.73. The van der Waals surface area contributed by atoms with E-state index in [0.29, 0.717) is 18.7 Å². The molecule has 0 aliphatic heterocycles. The van der Waals surface area contributed by atoms with Crippen molar-refractivity contribution in [3.05, 3.63) is 17.0 Å². The Balaban J connectivity index is 1.85. The minimum Gasteiger partial charge on any atom is -0.391 e. The number of aliphatic hydroxyl groups is 1. The Labute approximate surface area is 112 Å². The molecule has 19 heavy (non-hydrogen) atoms. The lowest BCUT2D eigenvalue weighted by molar-refractivity contribution is 0.0587. The van der Waals surface area contributed by atoms with Gasteiger partial charge in [0, 0.05) is 24.9 Å². The number of hydrogen-bond acceptors (Lipinski definition) is 4. The number of amides is 1. The van der Waals surface area contributed by atoms with Gasteiger partial charge in [-0.3, -0.25) is 9.89 Å². The number of ether oxygens (including phenoxy) is 1. The highest BCUT2D eigenvalue weighted by atomic mass is 16.5. The molecule has 0 fully saturated rings. The van der Waals surface area contributed by atoms with Gasteiger partial charge in [-0.25, -0.2) is 0 Å². The molecule has 0 spiro atoms. The lowest BCUT2D eigenvalue weighted by Gasteiger charge is -2.12. The lowest BCUT2D eigenvalue weighted by atomic mass is 9.96. The van der Waals surface area contributed by atoms with E-state index in [0.717, 1.165) is 36.9 Å². The molecule has 0 radical (unpaired) electrons. The van der Waals surface area contributed by atoms with E-state index in [1.54, 1.807) is 0 Å². The highest BCUT2D eigenvalue weighted by Gasteiger charge is 2.21. The molecule has 1 aromatic heterocycles. The van der Waals surface area contributed by atoms with E-state index in [1.165, 1.54) is 7.11 Å². The van der Waals surface area contributed by atoms with Crippen molar-refractivity contribution < 1.29 is 14.6 Å². The van der Waals surface area contributed by atoms with Gasteiger partial charge in [0.1, 0.15) is 0 Å². The largest absolute Gasteiger partial charge is 0.391 e. The van der Waals surface area contributed by atoms with Crippen LogP contribution in [0.1, 0.15) is 41.0 Å². The second-order valence-electron chi connectivity index (χ2n) is 4.89. The van der Waals surface area contributed by atoms with E-state index < -0.39 is 6.10 Å². The molecule has 0 bridgehead atoms. The van der Waals surface area contributed by atoms with Gasteiger partial charge in [-0.05, 0) is 32.1 Å². The second kappa shape index (κ2) is 6.68. The van der Waals surface area contributed by atoms with Gasteiger partial charge in [-0.15, -0.1) is 0 Å². The number of methoxy groups -OCH3 is 1. The molecule has 6 heteroatoms. The number of fused-ring (bicyclic) bond motifs is 1. The molecule has 1 aliphatic carbocycles. The minimum atomic E-state index is -0.543. The van der Waals surface area contributed by atoms with Gasteiger partial charge >= 0.3 is 0 Å². The van der Waals surface area contributed by atoms with E-state index in [1.807, 2.05) is 0 Å². The first-order valence-corrected chi connectivity index (χ1v) is 6.73. The van der Waals surface area contributed by atoms with Crippen LogP contribution >= 0.6 is 0 Å². The van der Waals surface area contributed by atoms with E-state index in [-0.39, 0.29) is 12.5 Å². The van der Waals surface area contributed by atoms with Crippen molar-refractivity contribution >= 4 is 5.91 Å². The van der Waals surface area contributed by atoms with Crippen LogP contribution in [0.15, 0.2) is 0 Å². The van der Waals surface area contributed by atoms with Gasteiger partial charge in [0.2, 0.25) is 0 Å². The van der Waals surface area contributed by atoms with Crippen molar-refractivity contribution in [3.63, 3.8) is 0 Å². The highest BCUT2D eigenvalue weighted by molar-refractivity contribution is 5.94. The summed E-state index contributed by atoms with van der Waals surface area (Å²) >= 11 is 0. The summed E-state index contributed by atoms with van der Waals surface area (Å²) in [6.07, 6.45) is 4.09. The maximum absolute atomic E-state index is 12.0. The first kappa shape index (κ1) is 14.0. The van der Waals surface area contributed by atoms with E-state index in [9.17, 15) is 9.90 Å². The SMILES string of the molecule is COCC(O)CCNC(=O)c1n[nH]c2c1CCCC2. The van der Waals surface area contributed by atoms with Crippen LogP contribution in [0.5, 0.6) is 0 Å². The summed E-state index contributed by atoms with van der Waals surface area (Å²) < 4.78 is 4.83. The number of hydrogen-bond donors (Lipinski definition) is 3. The maximum Gasteiger partial charge on any atom is 0.272 e. The first-order chi connectivity index (χ1) is 9.22. The van der Waals surface area contributed by atoms with Crippen LogP contribution < -0.4 is 5.32 Å². The summed E-state index contributed by atoms with van der Waals surface area (Å²) in [6.45, 7) is 0.707. The summed E-state index contributed by atoms with van der Waals surface area (Å²) in [7, 11) is 1.54. The van der Waals surface area contributed by atoms with Gasteiger partial charge in [-0.1, -0.05) is 0 Å². The number of aryl methyl sites for hydroxylation is 1. The lowest BCUT2D eigenvalue weighted by Crippen LogP contribution is -2.29. The van der Waals surface area contributed by atoms with Crippen LogP contribution in [-0.4, -0.2) is 47.6 Å². The Morgan fingerprint density at radius 1 is 1.53 bits per heavy atom. The molecular weight excluding hydrogens is 246 g/mol. The number of rotatable bonds is 6. The molecule has 1 heterocycles. The number of aliphatic hydroxyl groups excluding tert-OH is 1. The molecular formula is C13H21N3O3. The molecule has 1 aromatic rings. The topological polar surface area (TPSA) is 87.2 Å². The number of carbonyl (C=O) groups is 1. The van der Waals surface area contributed by atoms with Crippen LogP contribution in [0, 0.1) is 0 Å². The quantitative estimate of drug-likeness (QED) is 0.697. The molecule has 6 nitrogen and oxygen atoms in total. The maximum atomic E-state index is 12.0. The molecule has 1 aliphatic rings. The third-order valence-corrected chi connectivity index (χ3v) is 3.39. The highest BCUT2D eigenvalue weighted by Crippen LogP contribution is 2.21. The fourth-order valence-electron chi connectivity index (χ4n) is 2.38. The predicted octanol–water partition coefficient (Wildman–Crippen LogP) is 0.416. The van der Waals surface area contributed by atoms with Crippen LogP contribution in [-0.2, 0) is 17.6 Å². The molecule has 1 amide bonds. The smallest absolute Gasteiger partial charge is 0.272 e. The Hall–Kier alpha value is -1.40. The summed E-state index contributed by atoms with van der Waals surface area (Å²) in [5.74, 6) is -0.163. The monoisotopic (exact) mass is 267 g/mol. The standard InChI is InChI=1S/C13H21N3O3/c1-19-8-9(17)6-7-14-13(18)12-10-4-2-3-5-11(10)15-16-12/h9,17H,2-8H2,1H3,(H,14,18)(H,15,16). The zero-order valence-electron chi connectivity index (χ0n) is 11.2. The average molecular weight is 267 g/mol. The van der Waals surface area contributed by atoms with Crippen LogP contribution in [0.25, 0.3) is 0 Å². The summed E-state index contributed by atoms with van der Waals surface area (Å²) in [4.78, 5) is 12.0. The Kier molecular flexibility index (Phi) is 4.93. The summed E-state index contributed by atoms with van der Waals surface area (Å²) in [6, 6.07) is 0. The van der Waals surface area contributed by atoms with Gasteiger partial charge in [0.05, 0.1) is 12.7 Å². The van der Waals surface area contributed by atoms with Crippen LogP contribution in [0.4, 0.5) is 0 Å². The average Bonchev–Trinajstić information content (AvgIpc) is 2.82. The number of carbonyl (C=O) groups excluding carboxylic acids is 1. The van der Waals surface area contributed by atoms with Crippen molar-refractivity contribution in [2.75, 3.05) is 20.3 Å². The third-order valence-electron chi connectivity index (χ3n) is 3.39. The van der Waals surface area contributed by atoms with Crippen molar-refractivity contribution in [2.24, 2.45) is 0 Å². The van der Waals surface area contributed by atoms with E-state index in [4.69, 9.17) is 4.74 Å². The van der Waals surface area contributed by atoms with Crippen molar-refractivity contribution in [1.29, 1.82) is 0 Å². The fraction of sp³-hybridized carbons (Fsp3) is 0.692. The molecule has 1 unspecified atom stereocenters. The zero-order chi connectivity index (χ0) is 13.7. The molecule has 106 valence electrons. The summed E-state index contributed by atoms with van der Waals surface area (Å²) in [5, 5.41) is 19.3. The van der Waals surface area contributed by atoms with E-state index >= 15 is 0 Å². The fourth-order valence-corrected chi connectivity index (χ4v) is 2.38. The minimum absolute atomic E-state index is 0.163. The zero-order valence-corrected chi connectivity index (χ0v) is 11.2. The van der Waals surface area contributed by atoms with E-state index in [2.05, 4.69) is 15.5 Å².